The molecule has 128 valence electrons. The van der Waals surface area contributed by atoms with Crippen LogP contribution in [0.5, 0.6) is 0 Å². The van der Waals surface area contributed by atoms with Gasteiger partial charge in [-0.15, -0.1) is 0 Å². The van der Waals surface area contributed by atoms with E-state index in [2.05, 4.69) is 45.7 Å². The highest BCUT2D eigenvalue weighted by Crippen LogP contribution is 2.66. The van der Waals surface area contributed by atoms with Gasteiger partial charge >= 0.3 is 0 Å². The number of hydrogen-bond donors (Lipinski definition) is 0. The van der Waals surface area contributed by atoms with Crippen molar-refractivity contribution in [1.82, 2.24) is 0 Å². The lowest BCUT2D eigenvalue weighted by molar-refractivity contribution is -0.142. The maximum atomic E-state index is 12.5. The molecule has 2 unspecified atom stereocenters. The average Bonchev–Trinajstić information content (AvgIpc) is 2.80. The molecule has 0 spiro atoms. The van der Waals surface area contributed by atoms with Gasteiger partial charge in [0.1, 0.15) is 5.78 Å². The first kappa shape index (κ1) is 16.8. The van der Waals surface area contributed by atoms with Crippen LogP contribution in [-0.4, -0.2) is 21.2 Å². The monoisotopic (exact) mass is 444 g/mol. The van der Waals surface area contributed by atoms with Gasteiger partial charge in [0.15, 0.2) is 5.78 Å². The number of rotatable bonds is 0. The largest absolute Gasteiger partial charge is 0.299 e. The number of Topliss-reactive ketones (excluding diaryl/α,β-unsaturated/α-hetero) is 2. The summed E-state index contributed by atoms with van der Waals surface area (Å²) in [5.74, 6) is 3.28. The Morgan fingerprint density at radius 1 is 0.957 bits per heavy atom. The van der Waals surface area contributed by atoms with Crippen LogP contribution >= 0.6 is 31.9 Å². The van der Waals surface area contributed by atoms with Gasteiger partial charge in [0.2, 0.25) is 0 Å². The molecule has 0 aromatic rings. The van der Waals surface area contributed by atoms with Crippen molar-refractivity contribution in [1.29, 1.82) is 0 Å². The Hall–Kier alpha value is 0.300. The van der Waals surface area contributed by atoms with Crippen LogP contribution in [0.4, 0.5) is 0 Å². The highest BCUT2D eigenvalue weighted by molar-refractivity contribution is 9.10. The SMILES string of the molecule is C[C@]12CC(Br)C(=O)C(Br)[C@@H]1CC[C@@H]1[C@@H]2CC[C@]2(C)C(=O)CC[C@@H]12. The fourth-order valence-corrected chi connectivity index (χ4v) is 9.42. The van der Waals surface area contributed by atoms with Crippen LogP contribution < -0.4 is 0 Å². The maximum Gasteiger partial charge on any atom is 0.160 e. The van der Waals surface area contributed by atoms with Crippen LogP contribution in [0.25, 0.3) is 0 Å². The Morgan fingerprint density at radius 2 is 1.70 bits per heavy atom. The first-order valence-corrected chi connectivity index (χ1v) is 11.0. The molecule has 4 aliphatic carbocycles. The molecule has 23 heavy (non-hydrogen) atoms. The lowest BCUT2D eigenvalue weighted by Gasteiger charge is -2.60. The van der Waals surface area contributed by atoms with Crippen LogP contribution in [0.1, 0.15) is 58.8 Å². The third-order valence-electron chi connectivity index (χ3n) is 8.20. The zero-order valence-corrected chi connectivity index (χ0v) is 17.2. The third-order valence-corrected chi connectivity index (χ3v) is 10.1. The highest BCUT2D eigenvalue weighted by Gasteiger charge is 2.62. The number of carbonyl (C=O) groups is 2. The second-order valence-corrected chi connectivity index (χ2v) is 11.1. The Labute approximate surface area is 155 Å². The summed E-state index contributed by atoms with van der Waals surface area (Å²) in [5.41, 5.74) is 0.183. The minimum atomic E-state index is -0.0452. The summed E-state index contributed by atoms with van der Waals surface area (Å²) in [4.78, 5) is 24.9. The van der Waals surface area contributed by atoms with Gasteiger partial charge in [-0.2, -0.15) is 0 Å². The summed E-state index contributed by atoms with van der Waals surface area (Å²) in [5, 5.41) is 0. The summed E-state index contributed by atoms with van der Waals surface area (Å²) >= 11 is 7.38. The minimum Gasteiger partial charge on any atom is -0.299 e. The van der Waals surface area contributed by atoms with E-state index in [-0.39, 0.29) is 20.5 Å². The van der Waals surface area contributed by atoms with E-state index < -0.39 is 0 Å². The van der Waals surface area contributed by atoms with E-state index in [1.165, 1.54) is 12.8 Å². The molecule has 0 saturated heterocycles. The van der Waals surface area contributed by atoms with E-state index in [4.69, 9.17) is 0 Å². The molecule has 0 aromatic carbocycles. The zero-order chi connectivity index (χ0) is 16.6. The smallest absolute Gasteiger partial charge is 0.160 e. The van der Waals surface area contributed by atoms with Crippen LogP contribution in [0.2, 0.25) is 0 Å². The molecule has 0 heterocycles. The minimum absolute atomic E-state index is 0.00472. The van der Waals surface area contributed by atoms with E-state index in [0.717, 1.165) is 32.1 Å². The van der Waals surface area contributed by atoms with E-state index in [9.17, 15) is 9.59 Å². The molecular formula is C19H26Br2O2. The van der Waals surface area contributed by atoms with Crippen molar-refractivity contribution in [3.63, 3.8) is 0 Å². The van der Waals surface area contributed by atoms with Crippen molar-refractivity contribution in [3.8, 4) is 0 Å². The zero-order valence-electron chi connectivity index (χ0n) is 14.0. The van der Waals surface area contributed by atoms with Gasteiger partial charge in [0, 0.05) is 11.8 Å². The second kappa shape index (κ2) is 5.40. The van der Waals surface area contributed by atoms with Crippen molar-refractivity contribution < 1.29 is 9.59 Å². The molecule has 4 saturated carbocycles. The van der Waals surface area contributed by atoms with Crippen molar-refractivity contribution >= 4 is 43.4 Å². The van der Waals surface area contributed by atoms with Gasteiger partial charge in [-0.3, -0.25) is 9.59 Å². The number of hydrogen-bond acceptors (Lipinski definition) is 2. The molecule has 4 rings (SSSR count). The van der Waals surface area contributed by atoms with Crippen LogP contribution in [0, 0.1) is 34.5 Å². The fraction of sp³-hybridized carbons (Fsp3) is 0.895. The first-order chi connectivity index (χ1) is 10.8. The Kier molecular flexibility index (Phi) is 3.93. The molecule has 0 amide bonds. The van der Waals surface area contributed by atoms with Gasteiger partial charge in [0.25, 0.3) is 0 Å². The number of ketones is 2. The lowest BCUT2D eigenvalue weighted by atomic mass is 9.45. The first-order valence-electron chi connectivity index (χ1n) is 9.14. The predicted octanol–water partition coefficient (Wildman–Crippen LogP) is 4.91. The molecule has 4 heteroatoms. The molecule has 4 fully saturated rings. The molecule has 0 bridgehead atoms. The van der Waals surface area contributed by atoms with Crippen molar-refractivity contribution in [3.05, 3.63) is 0 Å². The van der Waals surface area contributed by atoms with Gasteiger partial charge in [-0.05, 0) is 67.6 Å². The topological polar surface area (TPSA) is 34.1 Å². The summed E-state index contributed by atoms with van der Waals surface area (Å²) in [6, 6.07) is 0. The summed E-state index contributed by atoms with van der Waals surface area (Å²) in [6.07, 6.45) is 7.45. The molecule has 4 aliphatic rings. The molecule has 0 aliphatic heterocycles. The third kappa shape index (κ3) is 2.16. The average molecular weight is 446 g/mol. The maximum absolute atomic E-state index is 12.5. The summed E-state index contributed by atoms with van der Waals surface area (Å²) in [6.45, 7) is 4.67. The molecule has 0 radical (unpaired) electrons. The lowest BCUT2D eigenvalue weighted by Crippen LogP contribution is -2.58. The van der Waals surface area contributed by atoms with Crippen LogP contribution in [-0.2, 0) is 9.59 Å². The van der Waals surface area contributed by atoms with Crippen LogP contribution in [0.3, 0.4) is 0 Å². The second-order valence-electron chi connectivity index (χ2n) is 8.96. The summed E-state index contributed by atoms with van der Waals surface area (Å²) < 4.78 is 0. The molecular weight excluding hydrogens is 420 g/mol. The molecule has 2 nitrogen and oxygen atoms in total. The highest BCUT2D eigenvalue weighted by atomic mass is 79.9. The van der Waals surface area contributed by atoms with E-state index in [0.29, 0.717) is 35.2 Å². The molecule has 0 N–H and O–H groups in total. The number of carbonyl (C=O) groups excluding carboxylic acids is 2. The molecule has 0 aromatic heterocycles. The van der Waals surface area contributed by atoms with Gasteiger partial charge in [-0.1, -0.05) is 45.7 Å². The van der Waals surface area contributed by atoms with E-state index >= 15 is 0 Å². The number of alkyl halides is 2. The van der Waals surface area contributed by atoms with E-state index in [1.807, 2.05) is 0 Å². The van der Waals surface area contributed by atoms with Crippen molar-refractivity contribution in [2.75, 3.05) is 0 Å². The molecule has 8 atom stereocenters. The Bertz CT molecular complexity index is 562. The number of fused-ring (bicyclic) bond motifs is 5. The fourth-order valence-electron chi connectivity index (χ4n) is 6.90. The van der Waals surface area contributed by atoms with Crippen molar-refractivity contribution in [2.45, 2.75) is 68.4 Å². The van der Waals surface area contributed by atoms with Gasteiger partial charge < -0.3 is 0 Å². The standard InChI is InChI=1S/C19H26Br2O2/c1-18-8-7-12-10(11(18)5-6-15(18)22)3-4-13-16(21)17(23)14(20)9-19(12,13)2/h10-14,16H,3-9H2,1-2H3/t10-,11-,12-,13-,14?,16?,18-,19+/m0/s1. The predicted molar refractivity (Wildman–Crippen MR) is 97.9 cm³/mol. The van der Waals surface area contributed by atoms with Crippen LogP contribution in [0.15, 0.2) is 0 Å². The van der Waals surface area contributed by atoms with E-state index in [1.54, 1.807) is 0 Å². The Balaban J connectivity index is 1.68. The normalized spacial score (nSPS) is 56.0. The number of halogens is 2. The van der Waals surface area contributed by atoms with Gasteiger partial charge in [-0.25, -0.2) is 0 Å². The quantitative estimate of drug-likeness (QED) is 0.496. The van der Waals surface area contributed by atoms with Gasteiger partial charge in [0.05, 0.1) is 9.65 Å². The Morgan fingerprint density at radius 3 is 2.43 bits per heavy atom. The summed E-state index contributed by atoms with van der Waals surface area (Å²) in [7, 11) is 0. The van der Waals surface area contributed by atoms with Crippen molar-refractivity contribution in [2.24, 2.45) is 34.5 Å².